The smallest absolute Gasteiger partial charge is 0.433 e. The predicted octanol–water partition coefficient (Wildman–Crippen LogP) is 4.24. The second-order valence-corrected chi connectivity index (χ2v) is 10.3. The van der Waals surface area contributed by atoms with Crippen molar-refractivity contribution < 1.29 is 27.1 Å². The van der Waals surface area contributed by atoms with Crippen LogP contribution in [0.1, 0.15) is 17.4 Å². The molecule has 0 radical (unpaired) electrons. The Kier molecular flexibility index (Phi) is 8.19. The van der Waals surface area contributed by atoms with Crippen molar-refractivity contribution in [3.63, 3.8) is 0 Å². The second-order valence-electron chi connectivity index (χ2n) is 9.89. The number of rotatable bonds is 7. The number of nitrogens with zero attached hydrogens (tertiary/aromatic N) is 10. The molecule has 17 heteroatoms. The molecule has 0 aliphatic rings. The first kappa shape index (κ1) is 30.3. The highest BCUT2D eigenvalue weighted by molar-refractivity contribution is 6.31. The van der Waals surface area contributed by atoms with Gasteiger partial charge in [0, 0.05) is 45.2 Å². The largest absolute Gasteiger partial charge is 0.618 e. The first-order valence-electron chi connectivity index (χ1n) is 12.8. The zero-order chi connectivity index (χ0) is 31.8. The number of tetrazole rings is 1. The Balaban J connectivity index is 1.58. The Morgan fingerprint density at radius 3 is 2.55 bits per heavy atom. The fraction of sp³-hybridized carbons (Fsp3) is 0.222. The molecule has 0 fully saturated rings. The van der Waals surface area contributed by atoms with E-state index in [2.05, 4.69) is 25.6 Å². The average molecular weight is 631 g/mol. The van der Waals surface area contributed by atoms with Crippen molar-refractivity contribution in [3.8, 4) is 27.9 Å². The Hall–Kier alpha value is -5.12. The molecular weight excluding hydrogens is 608 g/mol. The number of carbonyl (C=O) groups is 1. The third kappa shape index (κ3) is 6.01. The standard InChI is InChI=1S/C27H23ClF4N10O2/c1-38(2)26(43)39(3)14-22(40-12-18(11-35-40)16-8-9-33-23(10-16)27(30,31)32)20-6-4-17(13-42(20)44)24-21(41-15-34-36-37-41)7-5-19(28)25(24)29/h4-13,15,22H,14H2,1-3H3. The van der Waals surface area contributed by atoms with Crippen LogP contribution in [-0.4, -0.2) is 78.5 Å². The van der Waals surface area contributed by atoms with Crippen LogP contribution in [0.3, 0.4) is 0 Å². The van der Waals surface area contributed by atoms with Gasteiger partial charge < -0.3 is 15.0 Å². The average Bonchev–Trinajstić information content (AvgIpc) is 3.70. The summed E-state index contributed by atoms with van der Waals surface area (Å²) < 4.78 is 58.2. The molecule has 2 amide bonds. The van der Waals surface area contributed by atoms with Crippen LogP contribution < -0.4 is 4.73 Å². The van der Waals surface area contributed by atoms with Gasteiger partial charge in [0.1, 0.15) is 12.0 Å². The minimum Gasteiger partial charge on any atom is -0.618 e. The van der Waals surface area contributed by atoms with Gasteiger partial charge in [-0.3, -0.25) is 9.67 Å². The van der Waals surface area contributed by atoms with Crippen LogP contribution in [0.4, 0.5) is 22.4 Å². The molecule has 0 aliphatic heterocycles. The van der Waals surface area contributed by atoms with E-state index in [1.807, 2.05) is 0 Å². The Morgan fingerprint density at radius 2 is 1.89 bits per heavy atom. The van der Waals surface area contributed by atoms with E-state index in [-0.39, 0.29) is 45.7 Å². The van der Waals surface area contributed by atoms with Gasteiger partial charge in [-0.25, -0.2) is 9.18 Å². The molecule has 1 atom stereocenters. The van der Waals surface area contributed by atoms with Crippen molar-refractivity contribution in [3.05, 3.63) is 94.9 Å². The highest BCUT2D eigenvalue weighted by atomic mass is 35.5. The van der Waals surface area contributed by atoms with Crippen LogP contribution >= 0.6 is 11.6 Å². The maximum absolute atomic E-state index is 15.3. The zero-order valence-electron chi connectivity index (χ0n) is 23.3. The number of pyridine rings is 2. The van der Waals surface area contributed by atoms with Gasteiger partial charge in [0.2, 0.25) is 5.69 Å². The highest BCUT2D eigenvalue weighted by Gasteiger charge is 2.33. The molecule has 0 spiro atoms. The van der Waals surface area contributed by atoms with Crippen molar-refractivity contribution in [2.45, 2.75) is 12.2 Å². The summed E-state index contributed by atoms with van der Waals surface area (Å²) in [5, 5.41) is 28.7. The molecule has 5 rings (SSSR count). The van der Waals surface area contributed by atoms with E-state index in [4.69, 9.17) is 11.6 Å². The molecule has 0 N–H and O–H groups in total. The molecule has 4 heterocycles. The number of hydrogen-bond donors (Lipinski definition) is 0. The van der Waals surface area contributed by atoms with Crippen LogP contribution in [0.5, 0.6) is 0 Å². The summed E-state index contributed by atoms with van der Waals surface area (Å²) in [6, 6.07) is 6.79. The molecular formula is C27H23ClF4N10O2. The maximum Gasteiger partial charge on any atom is 0.433 e. The maximum atomic E-state index is 15.3. The summed E-state index contributed by atoms with van der Waals surface area (Å²) >= 11 is 6.06. The number of benzene rings is 1. The minimum absolute atomic E-state index is 0.0306. The Morgan fingerprint density at radius 1 is 1.11 bits per heavy atom. The molecule has 1 unspecified atom stereocenters. The normalized spacial score (nSPS) is 12.3. The van der Waals surface area contributed by atoms with Gasteiger partial charge in [0.25, 0.3) is 0 Å². The van der Waals surface area contributed by atoms with E-state index in [9.17, 15) is 23.2 Å². The molecule has 1 aromatic carbocycles. The van der Waals surface area contributed by atoms with Crippen molar-refractivity contribution in [1.82, 2.24) is 44.8 Å². The molecule has 0 saturated carbocycles. The third-order valence-electron chi connectivity index (χ3n) is 6.70. The summed E-state index contributed by atoms with van der Waals surface area (Å²) in [6.07, 6.45) is 1.61. The number of likely N-dealkylation sites (N-methyl/N-ethyl adjacent to an activating group) is 1. The summed E-state index contributed by atoms with van der Waals surface area (Å²) in [7, 11) is 4.65. The number of amides is 2. The van der Waals surface area contributed by atoms with Crippen LogP contribution in [0.2, 0.25) is 5.02 Å². The lowest BCUT2D eigenvalue weighted by Crippen LogP contribution is -2.43. The lowest BCUT2D eigenvalue weighted by Gasteiger charge is -2.26. The summed E-state index contributed by atoms with van der Waals surface area (Å²) in [4.78, 5) is 18.8. The van der Waals surface area contributed by atoms with Crippen molar-refractivity contribution in [1.29, 1.82) is 0 Å². The third-order valence-corrected chi connectivity index (χ3v) is 7.00. The van der Waals surface area contributed by atoms with E-state index in [1.165, 1.54) is 75.3 Å². The number of halogens is 5. The van der Waals surface area contributed by atoms with Gasteiger partial charge in [-0.05, 0) is 46.3 Å². The number of aromatic nitrogens is 8. The van der Waals surface area contributed by atoms with Crippen LogP contribution in [0.15, 0.2) is 67.5 Å². The summed E-state index contributed by atoms with van der Waals surface area (Å²) in [5.74, 6) is -0.799. The number of alkyl halides is 3. The van der Waals surface area contributed by atoms with Gasteiger partial charge >= 0.3 is 12.2 Å². The number of hydrogen-bond acceptors (Lipinski definition) is 7. The molecule has 4 aromatic heterocycles. The Labute approximate surface area is 252 Å². The summed E-state index contributed by atoms with van der Waals surface area (Å²) in [5.41, 5.74) is -0.0838. The lowest BCUT2D eigenvalue weighted by atomic mass is 10.0. The fourth-order valence-corrected chi connectivity index (χ4v) is 4.75. The molecule has 0 saturated heterocycles. The minimum atomic E-state index is -4.65. The molecule has 12 nitrogen and oxygen atoms in total. The number of carbonyl (C=O) groups excluding carboxylic acids is 1. The SMILES string of the molecule is CN(C)C(=O)N(C)CC(c1ccc(-c2c(-n3cnnn3)ccc(Cl)c2F)c[n+]1[O-])n1cc(-c2ccnc(C(F)(F)F)c2)cn1. The second kappa shape index (κ2) is 11.9. The lowest BCUT2D eigenvalue weighted by molar-refractivity contribution is -0.615. The quantitative estimate of drug-likeness (QED) is 0.150. The molecule has 5 aromatic rings. The van der Waals surface area contributed by atoms with Gasteiger partial charge in [-0.1, -0.05) is 11.6 Å². The Bertz CT molecular complexity index is 1810. The fourth-order valence-electron chi connectivity index (χ4n) is 4.59. The molecule has 0 bridgehead atoms. The van der Waals surface area contributed by atoms with Gasteiger partial charge in [-0.2, -0.15) is 27.7 Å². The van der Waals surface area contributed by atoms with Crippen LogP contribution in [0.25, 0.3) is 27.9 Å². The van der Waals surface area contributed by atoms with Gasteiger partial charge in [-0.15, -0.1) is 5.10 Å². The van der Waals surface area contributed by atoms with Gasteiger partial charge in [0.15, 0.2) is 18.1 Å². The predicted molar refractivity (Wildman–Crippen MR) is 149 cm³/mol. The van der Waals surface area contributed by atoms with Crippen molar-refractivity contribution >= 4 is 17.6 Å². The molecule has 228 valence electrons. The number of urea groups is 1. The van der Waals surface area contributed by atoms with E-state index < -0.39 is 23.7 Å². The van der Waals surface area contributed by atoms with E-state index in [0.717, 1.165) is 18.5 Å². The van der Waals surface area contributed by atoms with Crippen molar-refractivity contribution in [2.75, 3.05) is 27.7 Å². The van der Waals surface area contributed by atoms with Crippen LogP contribution in [-0.2, 0) is 6.18 Å². The zero-order valence-corrected chi connectivity index (χ0v) is 24.1. The van der Waals surface area contributed by atoms with E-state index >= 15 is 4.39 Å². The highest BCUT2D eigenvalue weighted by Crippen LogP contribution is 2.34. The topological polar surface area (TPSA) is 125 Å². The van der Waals surface area contributed by atoms with Crippen molar-refractivity contribution in [2.24, 2.45) is 0 Å². The molecule has 44 heavy (non-hydrogen) atoms. The molecule has 0 aliphatic carbocycles. The van der Waals surface area contributed by atoms with E-state index in [1.54, 1.807) is 14.1 Å². The monoisotopic (exact) mass is 630 g/mol. The summed E-state index contributed by atoms with van der Waals surface area (Å²) in [6.45, 7) is -0.0503. The van der Waals surface area contributed by atoms with Gasteiger partial charge in [0.05, 0.1) is 34.6 Å². The first-order chi connectivity index (χ1) is 20.8. The first-order valence-corrected chi connectivity index (χ1v) is 13.2. The van der Waals surface area contributed by atoms with E-state index in [0.29, 0.717) is 10.3 Å². The van der Waals surface area contributed by atoms with Crippen LogP contribution in [0, 0.1) is 11.0 Å².